The first-order valence-electron chi connectivity index (χ1n) is 6.29. The number of nitrogens with two attached hydrogens (primary N) is 1. The van der Waals surface area contributed by atoms with Crippen molar-refractivity contribution in [3.8, 4) is 5.75 Å². The molecule has 1 aliphatic rings. The molecule has 0 aliphatic carbocycles. The van der Waals surface area contributed by atoms with E-state index >= 15 is 0 Å². The topological polar surface area (TPSA) is 44.5 Å². The molecule has 100 valence electrons. The molecule has 0 bridgehead atoms. The second-order valence-corrected chi connectivity index (χ2v) is 6.16. The fraction of sp³-hybridized carbons (Fsp3) is 0.571. The van der Waals surface area contributed by atoms with Crippen LogP contribution < -0.4 is 10.5 Å². The van der Waals surface area contributed by atoms with Gasteiger partial charge in [-0.2, -0.15) is 0 Å². The minimum atomic E-state index is -0.00381. The average molecular weight is 314 g/mol. The second kappa shape index (κ2) is 5.59. The van der Waals surface area contributed by atoms with Gasteiger partial charge in [-0.25, -0.2) is 0 Å². The number of benzene rings is 1. The highest BCUT2D eigenvalue weighted by Crippen LogP contribution is 2.30. The average Bonchev–Trinajstić information content (AvgIpc) is 2.68. The van der Waals surface area contributed by atoms with E-state index in [-0.39, 0.29) is 11.7 Å². The van der Waals surface area contributed by atoms with Gasteiger partial charge in [0, 0.05) is 11.0 Å². The van der Waals surface area contributed by atoms with E-state index in [1.54, 1.807) is 0 Å². The Morgan fingerprint density at radius 1 is 1.50 bits per heavy atom. The van der Waals surface area contributed by atoms with Gasteiger partial charge in [-0.3, -0.25) is 0 Å². The Morgan fingerprint density at radius 3 is 2.89 bits per heavy atom. The summed E-state index contributed by atoms with van der Waals surface area (Å²) in [5.41, 5.74) is 6.72. The van der Waals surface area contributed by atoms with Gasteiger partial charge in [0.2, 0.25) is 0 Å². The number of halogens is 1. The van der Waals surface area contributed by atoms with Crippen LogP contribution in [0.3, 0.4) is 0 Å². The summed E-state index contributed by atoms with van der Waals surface area (Å²) >= 11 is 3.46. The van der Waals surface area contributed by atoms with Crippen LogP contribution in [0.1, 0.15) is 32.3 Å². The highest BCUT2D eigenvalue weighted by Gasteiger charge is 2.31. The Labute approximate surface area is 117 Å². The Kier molecular flexibility index (Phi) is 4.30. The van der Waals surface area contributed by atoms with E-state index in [0.717, 1.165) is 28.6 Å². The zero-order valence-electron chi connectivity index (χ0n) is 10.9. The molecule has 2 rings (SSSR count). The van der Waals surface area contributed by atoms with E-state index in [4.69, 9.17) is 15.2 Å². The zero-order chi connectivity index (χ0) is 13.2. The summed E-state index contributed by atoms with van der Waals surface area (Å²) in [7, 11) is 0. The first-order chi connectivity index (χ1) is 8.50. The van der Waals surface area contributed by atoms with Crippen LogP contribution >= 0.6 is 15.9 Å². The van der Waals surface area contributed by atoms with Crippen LogP contribution in [-0.2, 0) is 11.3 Å². The molecule has 1 aromatic carbocycles. The largest absolute Gasteiger partial charge is 0.491 e. The maximum atomic E-state index is 5.89. The predicted molar refractivity (Wildman–Crippen MR) is 75.7 cm³/mol. The summed E-state index contributed by atoms with van der Waals surface area (Å²) < 4.78 is 12.7. The normalized spacial score (nSPS) is 22.1. The van der Waals surface area contributed by atoms with Crippen molar-refractivity contribution >= 4 is 15.9 Å². The van der Waals surface area contributed by atoms with Crippen LogP contribution in [-0.4, -0.2) is 18.3 Å². The molecule has 1 heterocycles. The minimum absolute atomic E-state index is 0.00381. The van der Waals surface area contributed by atoms with Crippen molar-refractivity contribution in [2.75, 3.05) is 6.61 Å². The van der Waals surface area contributed by atoms with Crippen molar-refractivity contribution in [2.45, 2.75) is 44.9 Å². The second-order valence-electron chi connectivity index (χ2n) is 5.31. The highest BCUT2D eigenvalue weighted by atomic mass is 79.9. The minimum Gasteiger partial charge on any atom is -0.491 e. The van der Waals surface area contributed by atoms with Crippen molar-refractivity contribution in [3.63, 3.8) is 0 Å². The Morgan fingerprint density at radius 2 is 2.28 bits per heavy atom. The SMILES string of the molecule is CC1(C)CCC(COc2ccc(Br)c(CN)c2)O1. The van der Waals surface area contributed by atoms with Crippen molar-refractivity contribution < 1.29 is 9.47 Å². The van der Waals surface area contributed by atoms with E-state index in [9.17, 15) is 0 Å². The molecule has 4 heteroatoms. The molecule has 1 aromatic rings. The van der Waals surface area contributed by atoms with Crippen LogP contribution in [0.4, 0.5) is 0 Å². The third-order valence-corrected chi connectivity index (χ3v) is 4.00. The van der Waals surface area contributed by atoms with Crippen LogP contribution in [0.15, 0.2) is 22.7 Å². The number of rotatable bonds is 4. The molecular formula is C14H20BrNO2. The summed E-state index contributed by atoms with van der Waals surface area (Å²) in [6.07, 6.45) is 2.35. The van der Waals surface area contributed by atoms with Gasteiger partial charge >= 0.3 is 0 Å². The lowest BCUT2D eigenvalue weighted by molar-refractivity contribution is -0.0326. The molecule has 3 nitrogen and oxygen atoms in total. The lowest BCUT2D eigenvalue weighted by atomic mass is 10.1. The van der Waals surface area contributed by atoms with E-state index < -0.39 is 0 Å². The Hall–Kier alpha value is -0.580. The molecular weight excluding hydrogens is 294 g/mol. The van der Waals surface area contributed by atoms with Crippen molar-refractivity contribution in [2.24, 2.45) is 5.73 Å². The maximum Gasteiger partial charge on any atom is 0.119 e. The molecule has 18 heavy (non-hydrogen) atoms. The molecule has 1 saturated heterocycles. The lowest BCUT2D eigenvalue weighted by Gasteiger charge is -2.19. The van der Waals surface area contributed by atoms with Crippen LogP contribution in [0.25, 0.3) is 0 Å². The predicted octanol–water partition coefficient (Wildman–Crippen LogP) is 3.24. The molecule has 1 aliphatic heterocycles. The first-order valence-corrected chi connectivity index (χ1v) is 7.08. The van der Waals surface area contributed by atoms with E-state index in [2.05, 4.69) is 29.8 Å². The quantitative estimate of drug-likeness (QED) is 0.928. The molecule has 1 atom stereocenters. The standard InChI is InChI=1S/C14H20BrNO2/c1-14(2)6-5-12(18-14)9-17-11-3-4-13(15)10(7-11)8-16/h3-4,7,12H,5-6,8-9,16H2,1-2H3. The lowest BCUT2D eigenvalue weighted by Crippen LogP contribution is -2.23. The fourth-order valence-corrected chi connectivity index (χ4v) is 2.59. The van der Waals surface area contributed by atoms with Gasteiger partial charge in [-0.1, -0.05) is 15.9 Å². The number of hydrogen-bond acceptors (Lipinski definition) is 3. The van der Waals surface area contributed by atoms with Crippen molar-refractivity contribution in [1.82, 2.24) is 0 Å². The smallest absolute Gasteiger partial charge is 0.119 e. The van der Waals surface area contributed by atoms with Gasteiger partial charge in [0.05, 0.1) is 11.7 Å². The molecule has 0 radical (unpaired) electrons. The maximum absolute atomic E-state index is 5.89. The molecule has 2 N–H and O–H groups in total. The Balaban J connectivity index is 1.91. The third-order valence-electron chi connectivity index (χ3n) is 3.23. The van der Waals surface area contributed by atoms with E-state index in [0.29, 0.717) is 13.2 Å². The molecule has 0 spiro atoms. The molecule has 0 aromatic heterocycles. The van der Waals surface area contributed by atoms with Crippen LogP contribution in [0.2, 0.25) is 0 Å². The van der Waals surface area contributed by atoms with Gasteiger partial charge in [0.15, 0.2) is 0 Å². The van der Waals surface area contributed by atoms with Crippen LogP contribution in [0.5, 0.6) is 5.75 Å². The first kappa shape index (κ1) is 13.8. The highest BCUT2D eigenvalue weighted by molar-refractivity contribution is 9.10. The summed E-state index contributed by atoms with van der Waals surface area (Å²) in [5.74, 6) is 0.854. The fourth-order valence-electron chi connectivity index (χ4n) is 2.18. The van der Waals surface area contributed by atoms with Crippen molar-refractivity contribution in [3.05, 3.63) is 28.2 Å². The molecule has 0 saturated carbocycles. The van der Waals surface area contributed by atoms with Gasteiger partial charge in [0.1, 0.15) is 12.4 Å². The third kappa shape index (κ3) is 3.46. The molecule has 1 unspecified atom stereocenters. The summed E-state index contributed by atoms with van der Waals surface area (Å²) in [6.45, 7) is 5.36. The number of ether oxygens (including phenoxy) is 2. The number of hydrogen-bond donors (Lipinski definition) is 1. The Bertz CT molecular complexity index is 420. The van der Waals surface area contributed by atoms with E-state index in [1.165, 1.54) is 0 Å². The van der Waals surface area contributed by atoms with Crippen LogP contribution in [0, 0.1) is 0 Å². The van der Waals surface area contributed by atoms with Gasteiger partial charge < -0.3 is 15.2 Å². The summed E-state index contributed by atoms with van der Waals surface area (Å²) in [5, 5.41) is 0. The summed E-state index contributed by atoms with van der Waals surface area (Å²) in [6, 6.07) is 5.89. The summed E-state index contributed by atoms with van der Waals surface area (Å²) in [4.78, 5) is 0. The van der Waals surface area contributed by atoms with Gasteiger partial charge in [0.25, 0.3) is 0 Å². The van der Waals surface area contributed by atoms with Gasteiger partial charge in [-0.15, -0.1) is 0 Å². The van der Waals surface area contributed by atoms with Crippen molar-refractivity contribution in [1.29, 1.82) is 0 Å². The van der Waals surface area contributed by atoms with E-state index in [1.807, 2.05) is 18.2 Å². The molecule has 0 amide bonds. The van der Waals surface area contributed by atoms with Gasteiger partial charge in [-0.05, 0) is 50.5 Å². The zero-order valence-corrected chi connectivity index (χ0v) is 12.5. The molecule has 1 fully saturated rings. The monoisotopic (exact) mass is 313 g/mol.